The van der Waals surface area contributed by atoms with E-state index in [-0.39, 0.29) is 16.2 Å². The van der Waals surface area contributed by atoms with Crippen molar-refractivity contribution in [1.82, 2.24) is 9.97 Å². The van der Waals surface area contributed by atoms with Crippen LogP contribution in [0.5, 0.6) is 0 Å². The number of unbranched alkanes of at least 4 members (excludes halogenated alkanes) is 8. The molecule has 0 bridgehead atoms. The van der Waals surface area contributed by atoms with Gasteiger partial charge in [-0.2, -0.15) is 0 Å². The lowest BCUT2D eigenvalue weighted by atomic mass is 9.62. The molecule has 4 nitrogen and oxygen atoms in total. The average Bonchev–Trinajstić information content (AvgIpc) is 3.42. The summed E-state index contributed by atoms with van der Waals surface area (Å²) >= 11 is 0. The third-order valence-corrected chi connectivity index (χ3v) is 14.6. The third-order valence-electron chi connectivity index (χ3n) is 14.6. The summed E-state index contributed by atoms with van der Waals surface area (Å²) in [6, 6.07) is 33.8. The number of fused-ring (bicyclic) bond motifs is 3. The van der Waals surface area contributed by atoms with Gasteiger partial charge in [0.05, 0.1) is 23.8 Å². The molecule has 2 heterocycles. The largest absolute Gasteiger partial charge is 0.309 e. The van der Waals surface area contributed by atoms with Gasteiger partial charge in [0.25, 0.3) is 0 Å². The van der Waals surface area contributed by atoms with Crippen LogP contribution >= 0.6 is 0 Å². The molecule has 63 heavy (non-hydrogen) atoms. The fraction of sp³-hybridized carbons (Fsp3) is 0.356. The first-order chi connectivity index (χ1) is 30.8. The number of nitrogens with zero attached hydrogens (tertiary/aromatic N) is 4. The SMILES string of the molecule is C=CCCCCCCC1(CCCCCCC=C)c2cc(N(C3=CC=CC(C)(C(C)(CC)CC)C=C3)c3cccnc3)ccc2-c2ccc(N(c3ccccc3)c3cccnc3)cc21. The Hall–Kier alpha value is -5.74. The van der Waals surface area contributed by atoms with Crippen LogP contribution in [0.1, 0.15) is 129 Å². The van der Waals surface area contributed by atoms with Crippen molar-refractivity contribution < 1.29 is 0 Å². The van der Waals surface area contributed by atoms with Crippen LogP contribution in [0.4, 0.5) is 28.4 Å². The quantitative estimate of drug-likeness (QED) is 0.0485. The van der Waals surface area contributed by atoms with Crippen LogP contribution in [-0.2, 0) is 5.41 Å². The molecule has 0 amide bonds. The van der Waals surface area contributed by atoms with E-state index in [4.69, 9.17) is 0 Å². The molecule has 0 aliphatic heterocycles. The van der Waals surface area contributed by atoms with Crippen LogP contribution < -0.4 is 9.80 Å². The summed E-state index contributed by atoms with van der Waals surface area (Å²) in [5.41, 5.74) is 12.2. The normalized spacial score (nSPS) is 16.2. The zero-order chi connectivity index (χ0) is 44.1. The molecule has 5 aromatic rings. The fourth-order valence-electron chi connectivity index (χ4n) is 10.3. The van der Waals surface area contributed by atoms with Gasteiger partial charge in [-0.1, -0.05) is 127 Å². The first kappa shape index (κ1) is 45.3. The number of aromatic nitrogens is 2. The Balaban J connectivity index is 1.39. The van der Waals surface area contributed by atoms with Crippen LogP contribution in [0.15, 0.2) is 177 Å². The van der Waals surface area contributed by atoms with E-state index >= 15 is 0 Å². The molecule has 7 rings (SSSR count). The second-order valence-electron chi connectivity index (χ2n) is 18.3. The van der Waals surface area contributed by atoms with Gasteiger partial charge in [-0.05, 0) is 152 Å². The van der Waals surface area contributed by atoms with Gasteiger partial charge in [-0.3, -0.25) is 9.97 Å². The Morgan fingerprint density at radius 2 is 1.11 bits per heavy atom. The molecular weight excluding hydrogens is 765 g/mol. The Morgan fingerprint density at radius 3 is 1.63 bits per heavy atom. The van der Waals surface area contributed by atoms with Crippen molar-refractivity contribution in [2.45, 2.75) is 123 Å². The monoisotopic (exact) mass is 835 g/mol. The van der Waals surface area contributed by atoms with E-state index in [2.05, 4.69) is 188 Å². The number of rotatable bonds is 23. The van der Waals surface area contributed by atoms with E-state index in [0.717, 1.165) is 67.0 Å². The number of benzene rings is 3. The third kappa shape index (κ3) is 9.76. The van der Waals surface area contributed by atoms with Gasteiger partial charge in [0.2, 0.25) is 0 Å². The second-order valence-corrected chi connectivity index (χ2v) is 18.3. The highest BCUT2D eigenvalue weighted by Gasteiger charge is 2.44. The number of anilines is 5. The van der Waals surface area contributed by atoms with Crippen molar-refractivity contribution in [2.24, 2.45) is 10.8 Å². The zero-order valence-electron chi connectivity index (χ0n) is 38.6. The molecule has 0 radical (unpaired) electrons. The van der Waals surface area contributed by atoms with Crippen molar-refractivity contribution in [3.63, 3.8) is 0 Å². The summed E-state index contributed by atoms with van der Waals surface area (Å²) in [7, 11) is 0. The second kappa shape index (κ2) is 21.1. The molecule has 326 valence electrons. The standard InChI is InChI=1S/C59H70N4/c1-7-11-13-15-17-22-38-59(39-23-18-16-14-12-8-2)55-43-49(62(47-27-20-19-21-28-47)51-30-25-41-60-45-51)32-34-53(55)54-35-33-50(44-56(54)59)63(52-31-26-42-61-46-52)48-29-24-37-58(6,40-36-48)57(5,9-3)10-4/h7-8,19-21,24-37,40-46H,1-2,9-18,22-23,38-39H2,3-6H3. The van der Waals surface area contributed by atoms with Gasteiger partial charge in [-0.15, -0.1) is 13.2 Å². The van der Waals surface area contributed by atoms with Crippen molar-refractivity contribution in [3.05, 3.63) is 188 Å². The first-order valence-electron chi connectivity index (χ1n) is 23.9. The predicted molar refractivity (Wildman–Crippen MR) is 270 cm³/mol. The molecule has 4 heteroatoms. The molecule has 2 aliphatic rings. The van der Waals surface area contributed by atoms with Gasteiger partial charge in [0.1, 0.15) is 0 Å². The number of para-hydroxylation sites is 1. The highest BCUT2D eigenvalue weighted by atomic mass is 15.2. The van der Waals surface area contributed by atoms with Gasteiger partial charge in [0.15, 0.2) is 0 Å². The van der Waals surface area contributed by atoms with Crippen LogP contribution in [0.25, 0.3) is 11.1 Å². The number of hydrogen-bond acceptors (Lipinski definition) is 4. The maximum atomic E-state index is 4.66. The molecule has 1 unspecified atom stereocenters. The Labute approximate surface area is 379 Å². The average molecular weight is 835 g/mol. The highest BCUT2D eigenvalue weighted by molar-refractivity contribution is 5.88. The molecule has 2 aliphatic carbocycles. The topological polar surface area (TPSA) is 32.3 Å². The van der Waals surface area contributed by atoms with E-state index in [1.807, 2.05) is 30.9 Å². The first-order valence-corrected chi connectivity index (χ1v) is 23.9. The van der Waals surface area contributed by atoms with Crippen LogP contribution in [-0.4, -0.2) is 9.97 Å². The van der Waals surface area contributed by atoms with Crippen molar-refractivity contribution in [1.29, 1.82) is 0 Å². The van der Waals surface area contributed by atoms with Gasteiger partial charge in [-0.25, -0.2) is 0 Å². The molecule has 0 saturated heterocycles. The minimum atomic E-state index is -0.165. The molecule has 2 aromatic heterocycles. The molecule has 0 saturated carbocycles. The van der Waals surface area contributed by atoms with Gasteiger partial charge < -0.3 is 9.80 Å². The number of hydrogen-bond donors (Lipinski definition) is 0. The maximum absolute atomic E-state index is 4.66. The zero-order valence-corrected chi connectivity index (χ0v) is 38.6. The molecule has 0 fully saturated rings. The number of allylic oxidation sites excluding steroid dienone is 7. The Morgan fingerprint density at radius 1 is 0.587 bits per heavy atom. The van der Waals surface area contributed by atoms with Crippen molar-refractivity contribution in [3.8, 4) is 11.1 Å². The van der Waals surface area contributed by atoms with E-state index in [1.54, 1.807) is 0 Å². The minimum Gasteiger partial charge on any atom is -0.309 e. The van der Waals surface area contributed by atoms with E-state index in [9.17, 15) is 0 Å². The summed E-state index contributed by atoms with van der Waals surface area (Å²) in [5, 5.41) is 0. The lowest BCUT2D eigenvalue weighted by Gasteiger charge is -2.42. The van der Waals surface area contributed by atoms with E-state index in [0.29, 0.717) is 0 Å². The Kier molecular flexibility index (Phi) is 15.2. The lowest BCUT2D eigenvalue weighted by Crippen LogP contribution is -2.33. The fourth-order valence-corrected chi connectivity index (χ4v) is 10.3. The molecule has 3 aromatic carbocycles. The van der Waals surface area contributed by atoms with Crippen LogP contribution in [0.3, 0.4) is 0 Å². The Bertz CT molecular complexity index is 2290. The maximum Gasteiger partial charge on any atom is 0.0644 e. The molecular formula is C59H70N4. The number of pyridine rings is 2. The smallest absolute Gasteiger partial charge is 0.0644 e. The van der Waals surface area contributed by atoms with Crippen LogP contribution in [0.2, 0.25) is 0 Å². The highest BCUT2D eigenvalue weighted by Crippen LogP contribution is 2.57. The van der Waals surface area contributed by atoms with Crippen molar-refractivity contribution >= 4 is 28.4 Å². The summed E-state index contributed by atoms with van der Waals surface area (Å²) in [5.74, 6) is 0. The molecule has 0 N–H and O–H groups in total. The van der Waals surface area contributed by atoms with Gasteiger partial charge >= 0.3 is 0 Å². The summed E-state index contributed by atoms with van der Waals surface area (Å²) < 4.78 is 0. The van der Waals surface area contributed by atoms with Crippen molar-refractivity contribution in [2.75, 3.05) is 9.80 Å². The summed E-state index contributed by atoms with van der Waals surface area (Å²) in [4.78, 5) is 14.0. The van der Waals surface area contributed by atoms with Gasteiger partial charge in [0, 0.05) is 46.0 Å². The van der Waals surface area contributed by atoms with E-state index in [1.165, 1.54) is 79.3 Å². The summed E-state index contributed by atoms with van der Waals surface area (Å²) in [6.07, 6.45) is 39.9. The summed E-state index contributed by atoms with van der Waals surface area (Å²) in [6.45, 7) is 17.5. The minimum absolute atomic E-state index is 0.0808. The molecule has 1 atom stereocenters. The lowest BCUT2D eigenvalue weighted by molar-refractivity contribution is 0.155. The molecule has 0 spiro atoms. The van der Waals surface area contributed by atoms with E-state index < -0.39 is 0 Å². The van der Waals surface area contributed by atoms with Crippen LogP contribution in [0, 0.1) is 10.8 Å². The predicted octanol–water partition coefficient (Wildman–Crippen LogP) is 17.2.